The number of furan rings is 1. The highest BCUT2D eigenvalue weighted by Gasteiger charge is 2.12. The van der Waals surface area contributed by atoms with Gasteiger partial charge in [-0.05, 0) is 31.9 Å². The molecule has 0 amide bonds. The molecule has 0 saturated heterocycles. The molecule has 0 bridgehead atoms. The van der Waals surface area contributed by atoms with E-state index in [0.717, 1.165) is 4.47 Å². The van der Waals surface area contributed by atoms with Crippen LogP contribution < -0.4 is 0 Å². The molecule has 15 heavy (non-hydrogen) atoms. The van der Waals surface area contributed by atoms with Gasteiger partial charge in [0.25, 0.3) is 0 Å². The largest absolute Gasteiger partial charge is 0.445 e. The number of halogens is 4. The Morgan fingerprint density at radius 3 is 2.13 bits per heavy atom. The monoisotopic (exact) mass is 370 g/mol. The molecular formula is C8H2Br2Cl2N2O. The molecule has 0 aliphatic heterocycles. The Kier molecular flexibility index (Phi) is 3.35. The van der Waals surface area contributed by atoms with E-state index >= 15 is 0 Å². The molecule has 3 nitrogen and oxygen atoms in total. The van der Waals surface area contributed by atoms with Crippen molar-refractivity contribution in [3.05, 3.63) is 31.6 Å². The van der Waals surface area contributed by atoms with Gasteiger partial charge in [-0.25, -0.2) is 9.97 Å². The Morgan fingerprint density at radius 2 is 1.67 bits per heavy atom. The maximum Gasteiger partial charge on any atom is 0.198 e. The lowest BCUT2D eigenvalue weighted by Gasteiger charge is -1.96. The van der Waals surface area contributed by atoms with Gasteiger partial charge in [0.2, 0.25) is 0 Å². The highest BCUT2D eigenvalue weighted by molar-refractivity contribution is 9.13. The van der Waals surface area contributed by atoms with Gasteiger partial charge in [0, 0.05) is 12.1 Å². The van der Waals surface area contributed by atoms with Gasteiger partial charge in [0.1, 0.15) is 10.3 Å². The van der Waals surface area contributed by atoms with Crippen molar-refractivity contribution in [1.29, 1.82) is 0 Å². The second-order valence-electron chi connectivity index (χ2n) is 2.57. The smallest absolute Gasteiger partial charge is 0.198 e. The number of hydrogen-bond donors (Lipinski definition) is 0. The van der Waals surface area contributed by atoms with Gasteiger partial charge in [0.15, 0.2) is 16.3 Å². The van der Waals surface area contributed by atoms with Crippen molar-refractivity contribution in [1.82, 2.24) is 9.97 Å². The van der Waals surface area contributed by atoms with Crippen LogP contribution in [0.4, 0.5) is 0 Å². The maximum atomic E-state index is 5.75. The molecule has 7 heteroatoms. The van der Waals surface area contributed by atoms with E-state index in [1.54, 1.807) is 6.07 Å². The fourth-order valence-corrected chi connectivity index (χ4v) is 1.96. The highest BCUT2D eigenvalue weighted by atomic mass is 79.9. The van der Waals surface area contributed by atoms with Crippen molar-refractivity contribution in [3.8, 4) is 11.6 Å². The standard InChI is InChI=1S/C8H2Br2Cl2N2O/c9-3-1-4(15-7(3)10)8-13-5(11)2-6(12)14-8/h1-2H. The van der Waals surface area contributed by atoms with Crippen LogP contribution in [-0.4, -0.2) is 9.97 Å². The van der Waals surface area contributed by atoms with Crippen molar-refractivity contribution in [2.75, 3.05) is 0 Å². The van der Waals surface area contributed by atoms with Crippen molar-refractivity contribution in [2.45, 2.75) is 0 Å². The fraction of sp³-hybridized carbons (Fsp3) is 0. The summed E-state index contributed by atoms with van der Waals surface area (Å²) in [4.78, 5) is 7.99. The predicted octanol–water partition coefficient (Wildman–Crippen LogP) is 4.57. The van der Waals surface area contributed by atoms with E-state index in [-0.39, 0.29) is 10.3 Å². The van der Waals surface area contributed by atoms with E-state index in [0.29, 0.717) is 16.3 Å². The van der Waals surface area contributed by atoms with Gasteiger partial charge in [-0.15, -0.1) is 0 Å². The van der Waals surface area contributed by atoms with E-state index < -0.39 is 0 Å². The first kappa shape index (κ1) is 11.4. The second kappa shape index (κ2) is 4.41. The van der Waals surface area contributed by atoms with E-state index in [2.05, 4.69) is 41.8 Å². The van der Waals surface area contributed by atoms with E-state index in [9.17, 15) is 0 Å². The summed E-state index contributed by atoms with van der Waals surface area (Å²) in [7, 11) is 0. The van der Waals surface area contributed by atoms with E-state index in [1.165, 1.54) is 6.07 Å². The fourth-order valence-electron chi connectivity index (χ4n) is 0.957. The van der Waals surface area contributed by atoms with Crippen LogP contribution in [0.15, 0.2) is 25.7 Å². The summed E-state index contributed by atoms with van der Waals surface area (Å²) < 4.78 is 6.68. The molecule has 0 spiro atoms. The van der Waals surface area contributed by atoms with Gasteiger partial charge < -0.3 is 4.42 Å². The van der Waals surface area contributed by atoms with Crippen molar-refractivity contribution < 1.29 is 4.42 Å². The molecule has 0 atom stereocenters. The average molecular weight is 373 g/mol. The SMILES string of the molecule is Clc1cc(Cl)nc(-c2cc(Br)c(Br)o2)n1. The average Bonchev–Trinajstić information content (AvgIpc) is 2.45. The number of aromatic nitrogens is 2. The quantitative estimate of drug-likeness (QED) is 0.688. The van der Waals surface area contributed by atoms with Crippen LogP contribution >= 0.6 is 55.1 Å². The molecule has 0 aliphatic carbocycles. The topological polar surface area (TPSA) is 38.9 Å². The Bertz CT molecular complexity index is 476. The third-order valence-electron chi connectivity index (χ3n) is 1.53. The zero-order valence-corrected chi connectivity index (χ0v) is 11.7. The molecule has 0 saturated carbocycles. The van der Waals surface area contributed by atoms with E-state index in [1.807, 2.05) is 0 Å². The van der Waals surface area contributed by atoms with Crippen LogP contribution in [0.1, 0.15) is 0 Å². The van der Waals surface area contributed by atoms with Gasteiger partial charge in [-0.3, -0.25) is 0 Å². The first-order valence-corrected chi connectivity index (χ1v) is 6.06. The summed E-state index contributed by atoms with van der Waals surface area (Å²) in [6, 6.07) is 3.19. The summed E-state index contributed by atoms with van der Waals surface area (Å²) in [6.45, 7) is 0. The Hall–Kier alpha value is -0.100. The summed E-state index contributed by atoms with van der Waals surface area (Å²) in [5.41, 5.74) is 0. The highest BCUT2D eigenvalue weighted by Crippen LogP contribution is 2.32. The lowest BCUT2D eigenvalue weighted by molar-refractivity contribution is 0.549. The molecule has 0 fully saturated rings. The Morgan fingerprint density at radius 1 is 1.07 bits per heavy atom. The first-order valence-electron chi connectivity index (χ1n) is 3.71. The number of hydrogen-bond acceptors (Lipinski definition) is 3. The summed E-state index contributed by atoms with van der Waals surface area (Å²) in [5.74, 6) is 0.831. The molecule has 2 aromatic rings. The third-order valence-corrected chi connectivity index (χ3v) is 3.63. The van der Waals surface area contributed by atoms with Gasteiger partial charge >= 0.3 is 0 Å². The molecule has 0 N–H and O–H groups in total. The molecule has 2 rings (SSSR count). The van der Waals surface area contributed by atoms with Crippen LogP contribution in [0.3, 0.4) is 0 Å². The maximum absolute atomic E-state index is 5.75. The zero-order chi connectivity index (χ0) is 11.0. The van der Waals surface area contributed by atoms with Gasteiger partial charge in [-0.2, -0.15) is 0 Å². The molecule has 78 valence electrons. The second-order valence-corrected chi connectivity index (χ2v) is 4.92. The van der Waals surface area contributed by atoms with Gasteiger partial charge in [-0.1, -0.05) is 23.2 Å². The van der Waals surface area contributed by atoms with Crippen LogP contribution in [0, 0.1) is 0 Å². The van der Waals surface area contributed by atoms with E-state index in [4.69, 9.17) is 27.6 Å². The number of nitrogens with zero attached hydrogens (tertiary/aromatic N) is 2. The molecular weight excluding hydrogens is 371 g/mol. The van der Waals surface area contributed by atoms with Crippen molar-refractivity contribution in [2.24, 2.45) is 0 Å². The molecule has 0 unspecified atom stereocenters. The molecule has 2 heterocycles. The van der Waals surface area contributed by atoms with Crippen LogP contribution in [0.2, 0.25) is 10.3 Å². The summed E-state index contributed by atoms with van der Waals surface area (Å²) in [6.07, 6.45) is 0. The minimum Gasteiger partial charge on any atom is -0.445 e. The van der Waals surface area contributed by atoms with Crippen molar-refractivity contribution >= 4 is 55.1 Å². The summed E-state index contributed by atoms with van der Waals surface area (Å²) in [5, 5.41) is 0.544. The van der Waals surface area contributed by atoms with Crippen LogP contribution in [-0.2, 0) is 0 Å². The predicted molar refractivity (Wildman–Crippen MR) is 65.2 cm³/mol. The van der Waals surface area contributed by atoms with Crippen molar-refractivity contribution in [3.63, 3.8) is 0 Å². The normalized spacial score (nSPS) is 10.7. The number of rotatable bonds is 1. The minimum atomic E-state index is 0.272. The third kappa shape index (κ3) is 2.53. The lowest BCUT2D eigenvalue weighted by atomic mass is 10.4. The minimum absolute atomic E-state index is 0.272. The van der Waals surface area contributed by atoms with Gasteiger partial charge in [0.05, 0.1) is 4.47 Å². The van der Waals surface area contributed by atoms with Crippen LogP contribution in [0.25, 0.3) is 11.6 Å². The lowest BCUT2D eigenvalue weighted by Crippen LogP contribution is -1.87. The molecule has 0 aromatic carbocycles. The zero-order valence-electron chi connectivity index (χ0n) is 6.97. The molecule has 0 aliphatic rings. The first-order chi connectivity index (χ1) is 7.06. The van der Waals surface area contributed by atoms with Crippen LogP contribution in [0.5, 0.6) is 0 Å². The molecule has 0 radical (unpaired) electrons. The Labute approximate surface area is 112 Å². The Balaban J connectivity index is 2.53. The molecule has 2 aromatic heterocycles. The summed E-state index contributed by atoms with van der Waals surface area (Å²) >= 11 is 18.0.